The molecule has 0 saturated heterocycles. The second-order valence-corrected chi connectivity index (χ2v) is 9.70. The molecule has 0 spiro atoms. The number of Topliss-reactive ketones (excluding diaryl/α,β-unsaturated/α-hetero) is 1. The third-order valence-corrected chi connectivity index (χ3v) is 7.42. The quantitative estimate of drug-likeness (QED) is 0.412. The molecule has 3 aromatic rings. The maximum atomic E-state index is 14.5. The highest BCUT2D eigenvalue weighted by Gasteiger charge is 2.45. The van der Waals surface area contributed by atoms with Gasteiger partial charge in [-0.05, 0) is 55.2 Å². The van der Waals surface area contributed by atoms with E-state index in [0.717, 1.165) is 17.7 Å². The van der Waals surface area contributed by atoms with Crippen molar-refractivity contribution in [2.24, 2.45) is 10.9 Å². The molecule has 2 aliphatic rings. The number of methoxy groups -OCH3 is 2. The number of nitrogens with one attached hydrogen (secondary N) is 1. The third-order valence-electron chi connectivity index (χ3n) is 7.42. The standard InChI is InChI=1S/C31H28F2N2O4/c1-17-27(31(37)35-30-22(32)10-7-11-23(30)33)28(21-16-20(38-2)12-13-26(21)39-3)29-24(34-17)14-19(15-25(29)36)18-8-5-4-6-9-18/h4-13,16,19,27-28H,14-15H2,1-3H3,(H,35,37)/t19-,27?,28+/m0/s1. The number of allylic oxidation sites excluding steroid dienone is 2. The van der Waals surface area contributed by atoms with Crippen LogP contribution in [0.2, 0.25) is 0 Å². The van der Waals surface area contributed by atoms with Crippen LogP contribution in [0, 0.1) is 17.6 Å². The maximum absolute atomic E-state index is 14.5. The predicted octanol–water partition coefficient (Wildman–Crippen LogP) is 6.20. The molecule has 1 unspecified atom stereocenters. The average molecular weight is 531 g/mol. The Morgan fingerprint density at radius 3 is 2.33 bits per heavy atom. The second-order valence-electron chi connectivity index (χ2n) is 9.70. The molecular weight excluding hydrogens is 502 g/mol. The summed E-state index contributed by atoms with van der Waals surface area (Å²) < 4.78 is 40.0. The Kier molecular flexibility index (Phi) is 7.28. The van der Waals surface area contributed by atoms with Gasteiger partial charge in [0.25, 0.3) is 0 Å². The smallest absolute Gasteiger partial charge is 0.234 e. The van der Waals surface area contributed by atoms with Gasteiger partial charge in [0.1, 0.15) is 28.8 Å². The molecule has 6 nitrogen and oxygen atoms in total. The first-order valence-corrected chi connectivity index (χ1v) is 12.7. The van der Waals surface area contributed by atoms with Crippen LogP contribution in [0.4, 0.5) is 14.5 Å². The van der Waals surface area contributed by atoms with Crippen LogP contribution in [0.5, 0.6) is 11.5 Å². The molecule has 0 radical (unpaired) electrons. The highest BCUT2D eigenvalue weighted by Crippen LogP contribution is 2.49. The fraction of sp³-hybridized carbons (Fsp3) is 0.258. The number of nitrogens with zero attached hydrogens (tertiary/aromatic N) is 1. The number of carbonyl (C=O) groups excluding carboxylic acids is 2. The van der Waals surface area contributed by atoms with Crippen molar-refractivity contribution in [3.63, 3.8) is 0 Å². The van der Waals surface area contributed by atoms with E-state index in [1.54, 1.807) is 25.1 Å². The Bertz CT molecular complexity index is 1480. The van der Waals surface area contributed by atoms with Crippen LogP contribution < -0.4 is 14.8 Å². The summed E-state index contributed by atoms with van der Waals surface area (Å²) in [5.41, 5.74) is 2.49. The highest BCUT2D eigenvalue weighted by atomic mass is 19.1. The number of hydrogen-bond donors (Lipinski definition) is 1. The van der Waals surface area contributed by atoms with E-state index in [1.165, 1.54) is 20.3 Å². The number of anilines is 1. The van der Waals surface area contributed by atoms with Crippen LogP contribution in [0.3, 0.4) is 0 Å². The Balaban J connectivity index is 1.64. The van der Waals surface area contributed by atoms with Crippen molar-refractivity contribution in [3.8, 4) is 11.5 Å². The molecule has 0 saturated carbocycles. The first-order chi connectivity index (χ1) is 18.8. The van der Waals surface area contributed by atoms with Gasteiger partial charge < -0.3 is 14.8 Å². The van der Waals surface area contributed by atoms with Crippen molar-refractivity contribution in [2.75, 3.05) is 19.5 Å². The summed E-state index contributed by atoms with van der Waals surface area (Å²) in [4.78, 5) is 32.3. The van der Waals surface area contributed by atoms with Gasteiger partial charge in [0.05, 0.1) is 20.1 Å². The first kappa shape index (κ1) is 26.3. The minimum Gasteiger partial charge on any atom is -0.497 e. The van der Waals surface area contributed by atoms with Gasteiger partial charge in [-0.3, -0.25) is 14.6 Å². The van der Waals surface area contributed by atoms with E-state index in [-0.39, 0.29) is 18.1 Å². The highest BCUT2D eigenvalue weighted by molar-refractivity contribution is 6.13. The van der Waals surface area contributed by atoms with E-state index >= 15 is 0 Å². The lowest BCUT2D eigenvalue weighted by molar-refractivity contribution is -0.119. The zero-order valence-corrected chi connectivity index (χ0v) is 21.8. The SMILES string of the molecule is COc1ccc(OC)c([C@H]2C3=C(C[C@H](c4ccccc4)CC3=O)N=C(C)C2C(=O)Nc2c(F)cccc2F)c1. The lowest BCUT2D eigenvalue weighted by Crippen LogP contribution is -2.40. The van der Waals surface area contributed by atoms with Crippen molar-refractivity contribution in [3.05, 3.63) is 101 Å². The predicted molar refractivity (Wildman–Crippen MR) is 144 cm³/mol. The fourth-order valence-corrected chi connectivity index (χ4v) is 5.60. The average Bonchev–Trinajstić information content (AvgIpc) is 2.94. The summed E-state index contributed by atoms with van der Waals surface area (Å²) in [6, 6.07) is 18.3. The van der Waals surface area contributed by atoms with Gasteiger partial charge >= 0.3 is 0 Å². The second kappa shape index (κ2) is 10.8. The number of rotatable bonds is 6. The number of ketones is 1. The van der Waals surface area contributed by atoms with Gasteiger partial charge in [-0.25, -0.2) is 8.78 Å². The van der Waals surface area contributed by atoms with Crippen LogP contribution in [0.25, 0.3) is 0 Å². The largest absolute Gasteiger partial charge is 0.497 e. The molecule has 8 heteroatoms. The summed E-state index contributed by atoms with van der Waals surface area (Å²) in [7, 11) is 3.02. The topological polar surface area (TPSA) is 77.0 Å². The van der Waals surface area contributed by atoms with Gasteiger partial charge in [-0.15, -0.1) is 0 Å². The van der Waals surface area contributed by atoms with Gasteiger partial charge in [0, 0.05) is 34.9 Å². The number of aliphatic imine (C=N–C) groups is 1. The Morgan fingerprint density at radius 1 is 0.949 bits per heavy atom. The number of carbonyl (C=O) groups is 2. The van der Waals surface area contributed by atoms with Crippen molar-refractivity contribution >= 4 is 23.1 Å². The number of para-hydroxylation sites is 1. The van der Waals surface area contributed by atoms with Crippen LogP contribution in [0.15, 0.2) is 83.0 Å². The number of amides is 1. The molecule has 200 valence electrons. The molecule has 1 aliphatic carbocycles. The van der Waals surface area contributed by atoms with Crippen molar-refractivity contribution in [1.82, 2.24) is 0 Å². The first-order valence-electron chi connectivity index (χ1n) is 12.7. The van der Waals surface area contributed by atoms with Crippen molar-refractivity contribution in [1.29, 1.82) is 0 Å². The monoisotopic (exact) mass is 530 g/mol. The molecule has 5 rings (SSSR count). The normalized spacial score (nSPS) is 20.7. The van der Waals surface area contributed by atoms with E-state index in [4.69, 9.17) is 14.5 Å². The summed E-state index contributed by atoms with van der Waals surface area (Å²) >= 11 is 0. The molecule has 0 bridgehead atoms. The minimum absolute atomic E-state index is 0.0558. The Hall–Kier alpha value is -4.33. The van der Waals surface area contributed by atoms with Gasteiger partial charge in [-0.1, -0.05) is 36.4 Å². The molecule has 1 N–H and O–H groups in total. The van der Waals surface area contributed by atoms with Crippen LogP contribution >= 0.6 is 0 Å². The molecule has 3 atom stereocenters. The molecule has 0 fully saturated rings. The van der Waals surface area contributed by atoms with Gasteiger partial charge in [0.2, 0.25) is 5.91 Å². The Morgan fingerprint density at radius 2 is 1.67 bits per heavy atom. The van der Waals surface area contributed by atoms with Crippen molar-refractivity contribution < 1.29 is 27.8 Å². The van der Waals surface area contributed by atoms with Crippen molar-refractivity contribution in [2.45, 2.75) is 31.6 Å². The summed E-state index contributed by atoms with van der Waals surface area (Å²) in [6.07, 6.45) is 0.762. The van der Waals surface area contributed by atoms with E-state index in [9.17, 15) is 18.4 Å². The summed E-state index contributed by atoms with van der Waals surface area (Å²) in [5.74, 6) is -3.53. The lowest BCUT2D eigenvalue weighted by Gasteiger charge is -2.37. The fourth-order valence-electron chi connectivity index (χ4n) is 5.60. The van der Waals surface area contributed by atoms with E-state index < -0.39 is 35.1 Å². The lowest BCUT2D eigenvalue weighted by atomic mass is 9.68. The van der Waals surface area contributed by atoms with E-state index in [2.05, 4.69) is 5.32 Å². The molecule has 39 heavy (non-hydrogen) atoms. The number of benzene rings is 3. The zero-order valence-electron chi connectivity index (χ0n) is 21.8. The number of ether oxygens (including phenoxy) is 2. The third kappa shape index (κ3) is 4.94. The molecule has 1 amide bonds. The molecule has 1 heterocycles. The number of hydrogen-bond acceptors (Lipinski definition) is 5. The minimum atomic E-state index is -1.03. The van der Waals surface area contributed by atoms with Crippen LogP contribution in [-0.4, -0.2) is 31.6 Å². The zero-order chi connectivity index (χ0) is 27.7. The van der Waals surface area contributed by atoms with Crippen LogP contribution in [-0.2, 0) is 9.59 Å². The maximum Gasteiger partial charge on any atom is 0.234 e. The van der Waals surface area contributed by atoms with E-state index in [1.807, 2.05) is 30.3 Å². The van der Waals surface area contributed by atoms with Gasteiger partial charge in [0.15, 0.2) is 5.78 Å². The molecular formula is C31H28F2N2O4. The van der Waals surface area contributed by atoms with Gasteiger partial charge in [-0.2, -0.15) is 0 Å². The molecule has 1 aliphatic heterocycles. The summed E-state index contributed by atoms with van der Waals surface area (Å²) in [6.45, 7) is 1.70. The molecule has 3 aromatic carbocycles. The van der Waals surface area contributed by atoms with E-state index in [0.29, 0.717) is 40.5 Å². The molecule has 0 aromatic heterocycles. The number of halogens is 2. The van der Waals surface area contributed by atoms with Crippen LogP contribution in [0.1, 0.15) is 42.7 Å². The summed E-state index contributed by atoms with van der Waals surface area (Å²) in [5, 5.41) is 2.41. The Labute approximate surface area is 225 Å².